The van der Waals surface area contributed by atoms with Gasteiger partial charge in [0.2, 0.25) is 5.91 Å². The molecule has 1 rings (SSSR count). The highest BCUT2D eigenvalue weighted by molar-refractivity contribution is 6.19. The Morgan fingerprint density at radius 2 is 1.56 bits per heavy atom. The van der Waals surface area contributed by atoms with Gasteiger partial charge in [-0.15, -0.1) is 0 Å². The predicted molar refractivity (Wildman–Crippen MR) is 77.4 cm³/mol. The van der Waals surface area contributed by atoms with E-state index in [0.29, 0.717) is 5.57 Å². The largest absolute Gasteiger partial charge is 0.366 e. The van der Waals surface area contributed by atoms with Crippen LogP contribution in [0.5, 0.6) is 0 Å². The van der Waals surface area contributed by atoms with Crippen molar-refractivity contribution in [2.24, 2.45) is 5.73 Å². The molecule has 0 heterocycles. The maximum atomic E-state index is 11.7. The van der Waals surface area contributed by atoms with Crippen LogP contribution in [0.1, 0.15) is 45.1 Å². The van der Waals surface area contributed by atoms with Crippen molar-refractivity contribution in [3.63, 3.8) is 0 Å². The number of amides is 1. The molecule has 3 heteroatoms. The highest BCUT2D eigenvalue weighted by Gasteiger charge is 2.13. The van der Waals surface area contributed by atoms with E-state index >= 15 is 0 Å². The van der Waals surface area contributed by atoms with Gasteiger partial charge in [0.15, 0.2) is 0 Å². The molecule has 0 aliphatic heterocycles. The number of primary amides is 1. The maximum absolute atomic E-state index is 11.7. The molecule has 0 aliphatic carbocycles. The Kier molecular flexibility index (Phi) is 7.72. The molecule has 0 fully saturated rings. The van der Waals surface area contributed by atoms with Gasteiger partial charge in [0.1, 0.15) is 0 Å². The summed E-state index contributed by atoms with van der Waals surface area (Å²) in [6, 6.07) is 9.72. The van der Waals surface area contributed by atoms with Crippen LogP contribution in [0, 0.1) is 0 Å². The quantitative estimate of drug-likeness (QED) is 0.753. The summed E-state index contributed by atoms with van der Waals surface area (Å²) in [5, 5.41) is 0. The summed E-state index contributed by atoms with van der Waals surface area (Å²) in [4.78, 5) is 11.7. The van der Waals surface area contributed by atoms with Crippen molar-refractivity contribution >= 4 is 11.5 Å². The molecule has 1 aromatic carbocycles. The third-order valence-corrected chi connectivity index (χ3v) is 2.77. The molecular weight excluding hydrogens is 224 g/mol. The molecule has 0 aromatic heterocycles. The Labute approximate surface area is 110 Å². The van der Waals surface area contributed by atoms with Crippen LogP contribution in [0.2, 0.25) is 0 Å². The van der Waals surface area contributed by atoms with Crippen molar-refractivity contribution in [1.29, 1.82) is 0 Å². The molecule has 0 saturated carbocycles. The van der Waals surface area contributed by atoms with Crippen LogP contribution in [0.15, 0.2) is 35.9 Å². The summed E-state index contributed by atoms with van der Waals surface area (Å²) >= 11 is 0. The lowest BCUT2D eigenvalue weighted by molar-refractivity contribution is -0.112. The first-order valence-corrected chi connectivity index (χ1v) is 6.27. The Morgan fingerprint density at radius 3 is 1.94 bits per heavy atom. The van der Waals surface area contributed by atoms with Crippen LogP contribution < -0.4 is 11.9 Å². The molecule has 18 heavy (non-hydrogen) atoms. The molecule has 0 aliphatic rings. The van der Waals surface area contributed by atoms with Gasteiger partial charge >= 0.3 is 0 Å². The standard InChI is InChI=1S/C15H21NO.H3N/c1-3-8-12(9-4-2)14(15(16)17)13-10-6-5-7-11-13;/h5-7,10-11H,3-4,8-9H2,1-2H3,(H2,16,17);1H3. The number of carbonyl (C=O) groups excluding carboxylic acids is 1. The van der Waals surface area contributed by atoms with Crippen LogP contribution in [0.25, 0.3) is 5.57 Å². The monoisotopic (exact) mass is 248 g/mol. The maximum Gasteiger partial charge on any atom is 0.249 e. The lowest BCUT2D eigenvalue weighted by Gasteiger charge is -2.12. The van der Waals surface area contributed by atoms with Gasteiger partial charge in [-0.3, -0.25) is 4.79 Å². The van der Waals surface area contributed by atoms with Gasteiger partial charge in [-0.1, -0.05) is 62.6 Å². The Hall–Kier alpha value is -1.61. The van der Waals surface area contributed by atoms with Crippen molar-refractivity contribution in [2.75, 3.05) is 0 Å². The van der Waals surface area contributed by atoms with Gasteiger partial charge in [0.05, 0.1) is 0 Å². The van der Waals surface area contributed by atoms with Crippen LogP contribution in [0.4, 0.5) is 0 Å². The predicted octanol–water partition coefficient (Wildman–Crippen LogP) is 3.69. The van der Waals surface area contributed by atoms with Gasteiger partial charge in [-0.05, 0) is 18.4 Å². The third-order valence-electron chi connectivity index (χ3n) is 2.77. The van der Waals surface area contributed by atoms with Gasteiger partial charge in [-0.2, -0.15) is 0 Å². The van der Waals surface area contributed by atoms with Crippen molar-refractivity contribution in [3.8, 4) is 0 Å². The zero-order chi connectivity index (χ0) is 12.7. The lowest BCUT2D eigenvalue weighted by atomic mass is 9.93. The second-order valence-electron chi connectivity index (χ2n) is 4.21. The van der Waals surface area contributed by atoms with Crippen LogP contribution in [0.3, 0.4) is 0 Å². The number of rotatable bonds is 6. The molecule has 0 bridgehead atoms. The molecule has 0 spiro atoms. The lowest BCUT2D eigenvalue weighted by Crippen LogP contribution is -2.15. The minimum Gasteiger partial charge on any atom is -0.366 e. The number of carbonyl (C=O) groups is 1. The fourth-order valence-electron chi connectivity index (χ4n) is 2.10. The molecule has 100 valence electrons. The first kappa shape index (κ1) is 16.4. The first-order chi connectivity index (χ1) is 8.20. The summed E-state index contributed by atoms with van der Waals surface area (Å²) in [6.07, 6.45) is 3.97. The average Bonchev–Trinajstić information content (AvgIpc) is 2.31. The van der Waals surface area contributed by atoms with Gasteiger partial charge in [0.25, 0.3) is 0 Å². The molecule has 5 N–H and O–H groups in total. The van der Waals surface area contributed by atoms with Crippen molar-refractivity contribution in [2.45, 2.75) is 39.5 Å². The minimum atomic E-state index is -0.312. The van der Waals surface area contributed by atoms with Crippen molar-refractivity contribution in [3.05, 3.63) is 41.5 Å². The van der Waals surface area contributed by atoms with E-state index in [1.165, 1.54) is 5.57 Å². The van der Waals surface area contributed by atoms with Gasteiger partial charge in [-0.25, -0.2) is 0 Å². The van der Waals surface area contributed by atoms with Gasteiger partial charge < -0.3 is 11.9 Å². The summed E-state index contributed by atoms with van der Waals surface area (Å²) in [7, 11) is 0. The van der Waals surface area contributed by atoms with Gasteiger partial charge in [0, 0.05) is 5.57 Å². The number of allylic oxidation sites excluding steroid dienone is 1. The summed E-state index contributed by atoms with van der Waals surface area (Å²) < 4.78 is 0. The Bertz CT molecular complexity index is 388. The zero-order valence-electron chi connectivity index (χ0n) is 11.4. The minimum absolute atomic E-state index is 0. The SMILES string of the molecule is CCCC(CCC)=C(C(N)=O)c1ccccc1.N. The molecule has 3 nitrogen and oxygen atoms in total. The van der Waals surface area contributed by atoms with E-state index in [4.69, 9.17) is 5.73 Å². The number of nitrogens with two attached hydrogens (primary N) is 1. The molecule has 1 aromatic rings. The fraction of sp³-hybridized carbons (Fsp3) is 0.400. The number of benzene rings is 1. The fourth-order valence-corrected chi connectivity index (χ4v) is 2.10. The van der Waals surface area contributed by atoms with E-state index in [9.17, 15) is 4.79 Å². The topological polar surface area (TPSA) is 78.1 Å². The smallest absolute Gasteiger partial charge is 0.249 e. The normalized spacial score (nSPS) is 9.44. The molecule has 0 radical (unpaired) electrons. The Morgan fingerprint density at radius 1 is 1.06 bits per heavy atom. The number of hydrogen-bond donors (Lipinski definition) is 2. The average molecular weight is 248 g/mol. The summed E-state index contributed by atoms with van der Waals surface area (Å²) in [5.74, 6) is -0.312. The van der Waals surface area contributed by atoms with E-state index in [1.807, 2.05) is 30.3 Å². The molecule has 0 unspecified atom stereocenters. The van der Waals surface area contributed by atoms with E-state index in [1.54, 1.807) is 0 Å². The number of hydrogen-bond acceptors (Lipinski definition) is 2. The van der Waals surface area contributed by atoms with E-state index < -0.39 is 0 Å². The second-order valence-corrected chi connectivity index (χ2v) is 4.21. The van der Waals surface area contributed by atoms with Crippen LogP contribution in [-0.4, -0.2) is 5.91 Å². The molecule has 0 saturated heterocycles. The van der Waals surface area contributed by atoms with Crippen LogP contribution >= 0.6 is 0 Å². The third kappa shape index (κ3) is 4.34. The molecular formula is C15H24N2O. The Balaban J connectivity index is 0.00000289. The zero-order valence-corrected chi connectivity index (χ0v) is 11.4. The van der Waals surface area contributed by atoms with Crippen molar-refractivity contribution < 1.29 is 4.79 Å². The summed E-state index contributed by atoms with van der Waals surface area (Å²) in [5.41, 5.74) is 8.38. The first-order valence-electron chi connectivity index (χ1n) is 6.27. The van der Waals surface area contributed by atoms with E-state index in [-0.39, 0.29) is 12.1 Å². The van der Waals surface area contributed by atoms with E-state index in [0.717, 1.165) is 31.2 Å². The molecule has 0 atom stereocenters. The highest BCUT2D eigenvalue weighted by atomic mass is 16.1. The van der Waals surface area contributed by atoms with E-state index in [2.05, 4.69) is 13.8 Å². The van der Waals surface area contributed by atoms with Crippen molar-refractivity contribution in [1.82, 2.24) is 6.15 Å². The summed E-state index contributed by atoms with van der Waals surface area (Å²) in [6.45, 7) is 4.25. The second kappa shape index (κ2) is 8.48. The van der Waals surface area contributed by atoms with Crippen LogP contribution in [-0.2, 0) is 4.79 Å². The molecule has 1 amide bonds. The highest BCUT2D eigenvalue weighted by Crippen LogP contribution is 2.25.